The number of hydrogen-bond acceptors (Lipinski definition) is 5. The number of aliphatic hydroxyl groups is 1. The molecule has 0 radical (unpaired) electrons. The Morgan fingerprint density at radius 1 is 1.52 bits per heavy atom. The van der Waals surface area contributed by atoms with Gasteiger partial charge in [0.15, 0.2) is 0 Å². The molecule has 7 heteroatoms. The van der Waals surface area contributed by atoms with Crippen molar-refractivity contribution in [2.45, 2.75) is 26.0 Å². The molecule has 0 bridgehead atoms. The summed E-state index contributed by atoms with van der Waals surface area (Å²) in [6, 6.07) is 4.27. The van der Waals surface area contributed by atoms with Crippen molar-refractivity contribution in [3.63, 3.8) is 0 Å². The number of nitro groups is 1. The number of β-amino-alcohol motifs (C(OH)–C–C–N with tert-alkyl or cyclic N) is 1. The van der Waals surface area contributed by atoms with Crippen molar-refractivity contribution in [3.8, 4) is 0 Å². The first-order chi connectivity index (χ1) is 9.90. The van der Waals surface area contributed by atoms with Crippen molar-refractivity contribution in [1.29, 1.82) is 0 Å². The maximum absolute atomic E-state index is 11.3. The topological polar surface area (TPSA) is 104 Å². The van der Waals surface area contributed by atoms with Gasteiger partial charge in [-0.2, -0.15) is 0 Å². The van der Waals surface area contributed by atoms with Crippen LogP contribution in [0.1, 0.15) is 29.3 Å². The van der Waals surface area contributed by atoms with Crippen LogP contribution in [-0.2, 0) is 6.54 Å². The van der Waals surface area contributed by atoms with Crippen molar-refractivity contribution in [2.75, 3.05) is 13.1 Å². The third kappa shape index (κ3) is 3.37. The molecule has 1 aliphatic rings. The first kappa shape index (κ1) is 15.4. The number of nitrogens with zero attached hydrogens (tertiary/aromatic N) is 2. The molecule has 0 aromatic heterocycles. The summed E-state index contributed by atoms with van der Waals surface area (Å²) >= 11 is 0. The van der Waals surface area contributed by atoms with Crippen LogP contribution in [0.2, 0.25) is 0 Å². The van der Waals surface area contributed by atoms with Crippen LogP contribution in [0.4, 0.5) is 5.69 Å². The Hall–Kier alpha value is -1.99. The van der Waals surface area contributed by atoms with Crippen LogP contribution in [-0.4, -0.2) is 45.2 Å². The molecule has 2 unspecified atom stereocenters. The summed E-state index contributed by atoms with van der Waals surface area (Å²) < 4.78 is 0. The van der Waals surface area contributed by atoms with Crippen LogP contribution in [0.15, 0.2) is 18.2 Å². The van der Waals surface area contributed by atoms with Crippen LogP contribution < -0.4 is 0 Å². The minimum absolute atomic E-state index is 0.213. The van der Waals surface area contributed by atoms with E-state index in [2.05, 4.69) is 0 Å². The molecule has 1 aromatic rings. The van der Waals surface area contributed by atoms with Gasteiger partial charge in [0.2, 0.25) is 0 Å². The van der Waals surface area contributed by atoms with Crippen molar-refractivity contribution >= 4 is 11.7 Å². The predicted molar refractivity (Wildman–Crippen MR) is 75.1 cm³/mol. The third-order valence-corrected chi connectivity index (χ3v) is 3.94. The van der Waals surface area contributed by atoms with Crippen molar-refractivity contribution in [2.24, 2.45) is 5.92 Å². The molecule has 2 atom stereocenters. The van der Waals surface area contributed by atoms with E-state index in [-0.39, 0.29) is 18.0 Å². The highest BCUT2D eigenvalue weighted by Crippen LogP contribution is 2.25. The van der Waals surface area contributed by atoms with E-state index in [1.54, 1.807) is 6.07 Å². The van der Waals surface area contributed by atoms with Gasteiger partial charge < -0.3 is 10.2 Å². The molecule has 0 spiro atoms. The van der Waals surface area contributed by atoms with Crippen LogP contribution >= 0.6 is 0 Å². The highest BCUT2D eigenvalue weighted by atomic mass is 16.6. The van der Waals surface area contributed by atoms with Gasteiger partial charge in [0, 0.05) is 19.2 Å². The lowest BCUT2D eigenvalue weighted by Crippen LogP contribution is -2.42. The van der Waals surface area contributed by atoms with Gasteiger partial charge >= 0.3 is 5.97 Å². The Kier molecular flexibility index (Phi) is 4.54. The number of carboxylic acids is 1. The van der Waals surface area contributed by atoms with Gasteiger partial charge in [-0.15, -0.1) is 0 Å². The van der Waals surface area contributed by atoms with E-state index in [1.807, 2.05) is 11.8 Å². The molecular formula is C14H18N2O5. The highest BCUT2D eigenvalue weighted by molar-refractivity contribution is 5.94. The second-order valence-corrected chi connectivity index (χ2v) is 5.44. The molecule has 1 aliphatic heterocycles. The van der Waals surface area contributed by atoms with Gasteiger partial charge in [0.05, 0.1) is 11.0 Å². The van der Waals surface area contributed by atoms with Gasteiger partial charge in [0.1, 0.15) is 5.56 Å². The van der Waals surface area contributed by atoms with E-state index in [4.69, 9.17) is 0 Å². The van der Waals surface area contributed by atoms with Gasteiger partial charge in [-0.25, -0.2) is 4.79 Å². The molecule has 0 amide bonds. The fourth-order valence-corrected chi connectivity index (χ4v) is 2.62. The van der Waals surface area contributed by atoms with Crippen molar-refractivity contribution in [1.82, 2.24) is 4.90 Å². The SMILES string of the molecule is CC1CCN(Cc2cccc([N+](=O)[O-])c2C(=O)O)CC1O. The average Bonchev–Trinajstić information content (AvgIpc) is 2.42. The first-order valence-corrected chi connectivity index (χ1v) is 6.80. The Bertz CT molecular complexity index is 560. The number of hydrogen-bond donors (Lipinski definition) is 2. The molecular weight excluding hydrogens is 276 g/mol. The monoisotopic (exact) mass is 294 g/mol. The number of benzene rings is 1. The fourth-order valence-electron chi connectivity index (χ4n) is 2.62. The molecule has 1 aromatic carbocycles. The molecule has 7 nitrogen and oxygen atoms in total. The zero-order valence-corrected chi connectivity index (χ0v) is 11.7. The van der Waals surface area contributed by atoms with Crippen LogP contribution in [0, 0.1) is 16.0 Å². The molecule has 2 rings (SSSR count). The Labute approximate surface area is 122 Å². The summed E-state index contributed by atoms with van der Waals surface area (Å²) in [6.45, 7) is 3.44. The molecule has 1 saturated heterocycles. The molecule has 1 heterocycles. The summed E-state index contributed by atoms with van der Waals surface area (Å²) in [6.07, 6.45) is 0.365. The number of likely N-dealkylation sites (tertiary alicyclic amines) is 1. The number of piperidine rings is 1. The van der Waals surface area contributed by atoms with Gasteiger partial charge in [-0.3, -0.25) is 15.0 Å². The lowest BCUT2D eigenvalue weighted by Gasteiger charge is -2.34. The molecule has 2 N–H and O–H groups in total. The zero-order chi connectivity index (χ0) is 15.6. The van der Waals surface area contributed by atoms with Gasteiger partial charge in [-0.1, -0.05) is 19.1 Å². The summed E-state index contributed by atoms with van der Waals surface area (Å²) in [5, 5.41) is 30.1. The van der Waals surface area contributed by atoms with Crippen LogP contribution in [0.5, 0.6) is 0 Å². The number of nitro benzene ring substituents is 1. The predicted octanol–water partition coefficient (Wildman–Crippen LogP) is 1.50. The minimum Gasteiger partial charge on any atom is -0.477 e. The zero-order valence-electron chi connectivity index (χ0n) is 11.7. The first-order valence-electron chi connectivity index (χ1n) is 6.80. The number of aliphatic hydroxyl groups excluding tert-OH is 1. The Morgan fingerprint density at radius 3 is 2.81 bits per heavy atom. The van der Waals surface area contributed by atoms with Crippen LogP contribution in [0.25, 0.3) is 0 Å². The Morgan fingerprint density at radius 2 is 2.24 bits per heavy atom. The molecule has 0 saturated carbocycles. The summed E-state index contributed by atoms with van der Waals surface area (Å²) in [5.41, 5.74) is -0.264. The van der Waals surface area contributed by atoms with Crippen LogP contribution in [0.3, 0.4) is 0 Å². The minimum atomic E-state index is -1.30. The van der Waals surface area contributed by atoms with Gasteiger partial charge in [0.25, 0.3) is 5.69 Å². The summed E-state index contributed by atoms with van der Waals surface area (Å²) in [5.74, 6) is -1.09. The van der Waals surface area contributed by atoms with E-state index >= 15 is 0 Å². The van der Waals surface area contributed by atoms with E-state index in [0.717, 1.165) is 13.0 Å². The molecule has 1 fully saturated rings. The standard InChI is InChI=1S/C14H18N2O5/c1-9-5-6-15(8-12(9)17)7-10-3-2-4-11(16(20)21)13(10)14(18)19/h2-4,9,12,17H,5-8H2,1H3,(H,18,19). The van der Waals surface area contributed by atoms with E-state index in [1.165, 1.54) is 12.1 Å². The second kappa shape index (κ2) is 6.19. The summed E-state index contributed by atoms with van der Waals surface area (Å²) in [7, 11) is 0. The maximum Gasteiger partial charge on any atom is 0.343 e. The lowest BCUT2D eigenvalue weighted by molar-refractivity contribution is -0.385. The van der Waals surface area contributed by atoms with Crippen molar-refractivity contribution in [3.05, 3.63) is 39.4 Å². The van der Waals surface area contributed by atoms with E-state index in [9.17, 15) is 25.1 Å². The second-order valence-electron chi connectivity index (χ2n) is 5.44. The third-order valence-electron chi connectivity index (χ3n) is 3.94. The lowest BCUT2D eigenvalue weighted by atomic mass is 9.95. The average molecular weight is 294 g/mol. The normalized spacial score (nSPS) is 23.0. The molecule has 0 aliphatic carbocycles. The highest BCUT2D eigenvalue weighted by Gasteiger charge is 2.28. The molecule has 114 valence electrons. The Balaban J connectivity index is 2.26. The van der Waals surface area contributed by atoms with Crippen molar-refractivity contribution < 1.29 is 19.9 Å². The fraction of sp³-hybridized carbons (Fsp3) is 0.500. The summed E-state index contributed by atoms with van der Waals surface area (Å²) in [4.78, 5) is 23.5. The maximum atomic E-state index is 11.3. The quantitative estimate of drug-likeness (QED) is 0.644. The number of carbonyl (C=O) groups is 1. The smallest absolute Gasteiger partial charge is 0.343 e. The molecule has 21 heavy (non-hydrogen) atoms. The van der Waals surface area contributed by atoms with E-state index < -0.39 is 22.7 Å². The number of carboxylic acid groups (broad SMARTS) is 1. The van der Waals surface area contributed by atoms with Gasteiger partial charge in [-0.05, 0) is 24.4 Å². The number of aromatic carboxylic acids is 1. The largest absolute Gasteiger partial charge is 0.477 e. The van der Waals surface area contributed by atoms with E-state index in [0.29, 0.717) is 12.1 Å². The number of rotatable bonds is 4.